The maximum absolute atomic E-state index is 11.0. The Kier molecular flexibility index (Phi) is 3.09. The van der Waals surface area contributed by atoms with Crippen molar-refractivity contribution in [2.24, 2.45) is 5.92 Å². The van der Waals surface area contributed by atoms with E-state index in [0.29, 0.717) is 16.6 Å². The van der Waals surface area contributed by atoms with Gasteiger partial charge in [-0.2, -0.15) is 5.10 Å². The molecule has 0 atom stereocenters. The van der Waals surface area contributed by atoms with Gasteiger partial charge in [0.15, 0.2) is 5.78 Å². The van der Waals surface area contributed by atoms with E-state index >= 15 is 0 Å². The number of rotatable bonds is 3. The Labute approximate surface area is 82.7 Å². The maximum atomic E-state index is 11.0. The summed E-state index contributed by atoms with van der Waals surface area (Å²) >= 11 is 5.94. The fourth-order valence-electron chi connectivity index (χ4n) is 1.08. The number of ketones is 1. The summed E-state index contributed by atoms with van der Waals surface area (Å²) in [4.78, 5) is 11.0. The molecule has 0 aliphatic heterocycles. The van der Waals surface area contributed by atoms with Crippen LogP contribution in [0, 0.1) is 5.92 Å². The highest BCUT2D eigenvalue weighted by Crippen LogP contribution is 2.16. The third-order valence-electron chi connectivity index (χ3n) is 1.69. The third-order valence-corrected chi connectivity index (χ3v) is 2.09. The fourth-order valence-corrected chi connectivity index (χ4v) is 1.37. The van der Waals surface area contributed by atoms with Gasteiger partial charge in [0.2, 0.25) is 0 Å². The lowest BCUT2D eigenvalue weighted by Crippen LogP contribution is -2.06. The minimum Gasteiger partial charge on any atom is -0.294 e. The molecule has 72 valence electrons. The predicted molar refractivity (Wildman–Crippen MR) is 52.1 cm³/mol. The van der Waals surface area contributed by atoms with Crippen molar-refractivity contribution in [1.29, 1.82) is 0 Å². The van der Waals surface area contributed by atoms with Gasteiger partial charge in [-0.15, -0.1) is 0 Å². The molecule has 0 fully saturated rings. The van der Waals surface area contributed by atoms with Crippen molar-refractivity contribution >= 4 is 17.4 Å². The molecule has 0 aromatic carbocycles. The number of carbonyl (C=O) groups is 1. The van der Waals surface area contributed by atoms with E-state index in [4.69, 9.17) is 11.6 Å². The van der Waals surface area contributed by atoms with Gasteiger partial charge in [0, 0.05) is 6.54 Å². The van der Waals surface area contributed by atoms with Crippen molar-refractivity contribution in [2.45, 2.75) is 27.3 Å². The van der Waals surface area contributed by atoms with Gasteiger partial charge in [0.1, 0.15) is 5.15 Å². The normalized spacial score (nSPS) is 10.8. The van der Waals surface area contributed by atoms with Crippen LogP contribution in [0.15, 0.2) is 6.20 Å². The molecule has 0 unspecified atom stereocenters. The first-order valence-corrected chi connectivity index (χ1v) is 4.62. The molecule has 0 aliphatic rings. The second kappa shape index (κ2) is 3.92. The zero-order valence-electron chi connectivity index (χ0n) is 8.04. The van der Waals surface area contributed by atoms with E-state index in [1.165, 1.54) is 13.1 Å². The molecular weight excluding hydrogens is 188 g/mol. The van der Waals surface area contributed by atoms with Gasteiger partial charge in [-0.3, -0.25) is 9.48 Å². The van der Waals surface area contributed by atoms with E-state index in [2.05, 4.69) is 18.9 Å². The molecule has 1 aromatic rings. The average Bonchev–Trinajstić information content (AvgIpc) is 2.32. The van der Waals surface area contributed by atoms with E-state index < -0.39 is 0 Å². The lowest BCUT2D eigenvalue weighted by Gasteiger charge is -2.05. The molecule has 4 heteroatoms. The third kappa shape index (κ3) is 2.31. The van der Waals surface area contributed by atoms with Crippen LogP contribution in [0.4, 0.5) is 0 Å². The molecule has 0 saturated carbocycles. The highest BCUT2D eigenvalue weighted by molar-refractivity contribution is 6.32. The van der Waals surface area contributed by atoms with Crippen LogP contribution in [-0.2, 0) is 6.54 Å². The summed E-state index contributed by atoms with van der Waals surface area (Å²) in [6.07, 6.45) is 1.52. The van der Waals surface area contributed by atoms with Crippen molar-refractivity contribution < 1.29 is 4.79 Å². The fraction of sp³-hybridized carbons (Fsp3) is 0.556. The SMILES string of the molecule is CC(=O)c1cnn(CC(C)C)c1Cl. The Hall–Kier alpha value is -0.830. The van der Waals surface area contributed by atoms with E-state index in [1.807, 2.05) is 0 Å². The lowest BCUT2D eigenvalue weighted by molar-refractivity contribution is 0.101. The van der Waals surface area contributed by atoms with Gasteiger partial charge in [-0.05, 0) is 12.8 Å². The summed E-state index contributed by atoms with van der Waals surface area (Å²) < 4.78 is 1.66. The molecule has 0 amide bonds. The largest absolute Gasteiger partial charge is 0.294 e. The van der Waals surface area contributed by atoms with Crippen LogP contribution in [0.25, 0.3) is 0 Å². The molecule has 1 heterocycles. The Morgan fingerprint density at radius 2 is 2.31 bits per heavy atom. The van der Waals surface area contributed by atoms with Crippen LogP contribution in [0.2, 0.25) is 5.15 Å². The number of hydrogen-bond acceptors (Lipinski definition) is 2. The van der Waals surface area contributed by atoms with Crippen molar-refractivity contribution in [2.75, 3.05) is 0 Å². The summed E-state index contributed by atoms with van der Waals surface area (Å²) in [6, 6.07) is 0. The molecule has 3 nitrogen and oxygen atoms in total. The number of halogens is 1. The molecule has 0 aliphatic carbocycles. The first-order chi connectivity index (χ1) is 6.02. The van der Waals surface area contributed by atoms with Crippen molar-refractivity contribution in [3.8, 4) is 0 Å². The van der Waals surface area contributed by atoms with Crippen LogP contribution in [-0.4, -0.2) is 15.6 Å². The molecule has 0 spiro atoms. The summed E-state index contributed by atoms with van der Waals surface area (Å²) in [5.74, 6) is 0.428. The second-order valence-electron chi connectivity index (χ2n) is 3.48. The molecule has 1 rings (SSSR count). The maximum Gasteiger partial charge on any atom is 0.164 e. The zero-order valence-corrected chi connectivity index (χ0v) is 8.80. The Bertz CT molecular complexity index is 317. The summed E-state index contributed by atoms with van der Waals surface area (Å²) in [5.41, 5.74) is 0.502. The Morgan fingerprint density at radius 3 is 2.69 bits per heavy atom. The average molecular weight is 201 g/mol. The van der Waals surface area contributed by atoms with E-state index in [-0.39, 0.29) is 5.78 Å². The molecule has 0 saturated heterocycles. The second-order valence-corrected chi connectivity index (χ2v) is 3.84. The molecule has 1 aromatic heterocycles. The van der Waals surface area contributed by atoms with Crippen LogP contribution in [0.5, 0.6) is 0 Å². The zero-order chi connectivity index (χ0) is 10.0. The van der Waals surface area contributed by atoms with Crippen LogP contribution < -0.4 is 0 Å². The number of aromatic nitrogens is 2. The van der Waals surface area contributed by atoms with E-state index in [0.717, 1.165) is 6.54 Å². The van der Waals surface area contributed by atoms with E-state index in [9.17, 15) is 4.79 Å². The quantitative estimate of drug-likeness (QED) is 0.703. The van der Waals surface area contributed by atoms with Crippen LogP contribution >= 0.6 is 11.6 Å². The summed E-state index contributed by atoms with van der Waals surface area (Å²) in [5, 5.41) is 4.49. The first-order valence-electron chi connectivity index (χ1n) is 4.24. The molecule has 0 bridgehead atoms. The number of carbonyl (C=O) groups excluding carboxylic acids is 1. The number of hydrogen-bond donors (Lipinski definition) is 0. The summed E-state index contributed by atoms with van der Waals surface area (Å²) in [7, 11) is 0. The minimum atomic E-state index is -0.0417. The minimum absolute atomic E-state index is 0.0417. The lowest BCUT2D eigenvalue weighted by atomic mass is 10.2. The highest BCUT2D eigenvalue weighted by atomic mass is 35.5. The van der Waals surface area contributed by atoms with Gasteiger partial charge in [-0.1, -0.05) is 25.4 Å². The first kappa shape index (κ1) is 10.3. The predicted octanol–water partition coefficient (Wildman–Crippen LogP) is 2.40. The number of Topliss-reactive ketones (excluding diaryl/α,β-unsaturated/α-hetero) is 1. The van der Waals surface area contributed by atoms with Gasteiger partial charge < -0.3 is 0 Å². The van der Waals surface area contributed by atoms with Crippen LogP contribution in [0.1, 0.15) is 31.1 Å². The Morgan fingerprint density at radius 1 is 1.69 bits per heavy atom. The van der Waals surface area contributed by atoms with Crippen molar-refractivity contribution in [3.05, 3.63) is 16.9 Å². The number of nitrogens with zero attached hydrogens (tertiary/aromatic N) is 2. The molecule has 13 heavy (non-hydrogen) atoms. The van der Waals surface area contributed by atoms with Gasteiger partial charge >= 0.3 is 0 Å². The molecule has 0 N–H and O–H groups in total. The summed E-state index contributed by atoms with van der Waals surface area (Å²) in [6.45, 7) is 6.38. The van der Waals surface area contributed by atoms with Crippen molar-refractivity contribution in [3.63, 3.8) is 0 Å². The Balaban J connectivity index is 2.93. The monoisotopic (exact) mass is 200 g/mol. The van der Waals surface area contributed by atoms with Gasteiger partial charge in [0.05, 0.1) is 11.8 Å². The van der Waals surface area contributed by atoms with Gasteiger partial charge in [-0.25, -0.2) is 0 Å². The smallest absolute Gasteiger partial charge is 0.164 e. The molecular formula is C9H13ClN2O. The van der Waals surface area contributed by atoms with E-state index in [1.54, 1.807) is 4.68 Å². The van der Waals surface area contributed by atoms with Gasteiger partial charge in [0.25, 0.3) is 0 Å². The standard InChI is InChI=1S/C9H13ClN2O/c1-6(2)5-12-9(10)8(4-11-12)7(3)13/h4,6H,5H2,1-3H3. The highest BCUT2D eigenvalue weighted by Gasteiger charge is 2.12. The topological polar surface area (TPSA) is 34.9 Å². The molecule has 0 radical (unpaired) electrons. The van der Waals surface area contributed by atoms with Crippen molar-refractivity contribution in [1.82, 2.24) is 9.78 Å². The van der Waals surface area contributed by atoms with Crippen LogP contribution in [0.3, 0.4) is 0 Å².